The summed E-state index contributed by atoms with van der Waals surface area (Å²) in [5, 5.41) is 0.733. The van der Waals surface area contributed by atoms with Gasteiger partial charge in [0.1, 0.15) is 5.78 Å². The number of benzene rings is 1. The van der Waals surface area contributed by atoms with Gasteiger partial charge in [0.15, 0.2) is 0 Å². The van der Waals surface area contributed by atoms with E-state index in [0.29, 0.717) is 12.2 Å². The van der Waals surface area contributed by atoms with Crippen molar-refractivity contribution in [2.45, 2.75) is 51.9 Å². The van der Waals surface area contributed by atoms with E-state index >= 15 is 0 Å². The number of hydrogen-bond acceptors (Lipinski definition) is 1. The second-order valence-corrected chi connectivity index (χ2v) is 5.83. The van der Waals surface area contributed by atoms with Crippen LogP contribution >= 0.6 is 11.6 Å². The molecule has 0 aromatic heterocycles. The SMILES string of the molecule is Cc1ccc(CC(=O)C2CCCCCC2)c(Cl)c1. The third-order valence-corrected chi connectivity index (χ3v) is 4.24. The van der Waals surface area contributed by atoms with Crippen molar-refractivity contribution in [3.63, 3.8) is 0 Å². The van der Waals surface area contributed by atoms with E-state index in [0.717, 1.165) is 29.0 Å². The normalized spacial score (nSPS) is 17.4. The Labute approximate surface area is 115 Å². The highest BCUT2D eigenvalue weighted by molar-refractivity contribution is 6.31. The lowest BCUT2D eigenvalue weighted by Crippen LogP contribution is -2.16. The molecule has 0 bridgehead atoms. The van der Waals surface area contributed by atoms with Crippen LogP contribution in [-0.2, 0) is 11.2 Å². The Balaban J connectivity index is 2.01. The fourth-order valence-corrected chi connectivity index (χ4v) is 3.03. The second kappa shape index (κ2) is 6.38. The number of aryl methyl sites for hydroxylation is 1. The van der Waals surface area contributed by atoms with Gasteiger partial charge in [-0.25, -0.2) is 0 Å². The molecule has 1 aromatic rings. The summed E-state index contributed by atoms with van der Waals surface area (Å²) in [6.45, 7) is 2.02. The van der Waals surface area contributed by atoms with Gasteiger partial charge in [-0.2, -0.15) is 0 Å². The highest BCUT2D eigenvalue weighted by atomic mass is 35.5. The van der Waals surface area contributed by atoms with Crippen LogP contribution in [0.2, 0.25) is 5.02 Å². The number of Topliss-reactive ketones (excluding diaryl/α,β-unsaturated/α-hetero) is 1. The Bertz CT molecular complexity index is 417. The topological polar surface area (TPSA) is 17.1 Å². The molecular formula is C16H21ClO. The fourth-order valence-electron chi connectivity index (χ4n) is 2.73. The molecule has 1 aromatic carbocycles. The number of rotatable bonds is 3. The quantitative estimate of drug-likeness (QED) is 0.722. The summed E-state index contributed by atoms with van der Waals surface area (Å²) in [5.74, 6) is 0.646. The Morgan fingerprint density at radius 3 is 2.50 bits per heavy atom. The molecule has 0 spiro atoms. The summed E-state index contributed by atoms with van der Waals surface area (Å²) in [5.41, 5.74) is 2.13. The Morgan fingerprint density at radius 2 is 1.89 bits per heavy atom. The number of halogens is 1. The van der Waals surface area contributed by atoms with Gasteiger partial charge in [-0.05, 0) is 37.0 Å². The summed E-state index contributed by atoms with van der Waals surface area (Å²) in [4.78, 5) is 12.3. The van der Waals surface area contributed by atoms with E-state index in [2.05, 4.69) is 0 Å². The van der Waals surface area contributed by atoms with E-state index in [1.807, 2.05) is 25.1 Å². The maximum atomic E-state index is 12.3. The molecular weight excluding hydrogens is 244 g/mol. The summed E-state index contributed by atoms with van der Waals surface area (Å²) in [7, 11) is 0. The number of ketones is 1. The summed E-state index contributed by atoms with van der Waals surface area (Å²) in [6, 6.07) is 5.96. The maximum absolute atomic E-state index is 12.3. The second-order valence-electron chi connectivity index (χ2n) is 5.43. The Morgan fingerprint density at radius 1 is 1.22 bits per heavy atom. The lowest BCUT2D eigenvalue weighted by Gasteiger charge is -2.13. The smallest absolute Gasteiger partial charge is 0.140 e. The largest absolute Gasteiger partial charge is 0.299 e. The third-order valence-electron chi connectivity index (χ3n) is 3.88. The van der Waals surface area contributed by atoms with Crippen molar-refractivity contribution in [1.82, 2.24) is 0 Å². The van der Waals surface area contributed by atoms with Gasteiger partial charge in [-0.15, -0.1) is 0 Å². The minimum absolute atomic E-state index is 0.268. The zero-order chi connectivity index (χ0) is 13.0. The van der Waals surface area contributed by atoms with Gasteiger partial charge in [0.25, 0.3) is 0 Å². The zero-order valence-corrected chi connectivity index (χ0v) is 11.8. The van der Waals surface area contributed by atoms with Gasteiger partial charge >= 0.3 is 0 Å². The molecule has 1 fully saturated rings. The summed E-state index contributed by atoms with van der Waals surface area (Å²) < 4.78 is 0. The van der Waals surface area contributed by atoms with Crippen LogP contribution in [0.3, 0.4) is 0 Å². The predicted octanol–water partition coefficient (Wildman–Crippen LogP) is 4.73. The van der Waals surface area contributed by atoms with Crippen LogP contribution in [0.15, 0.2) is 18.2 Å². The molecule has 0 saturated heterocycles. The van der Waals surface area contributed by atoms with E-state index < -0.39 is 0 Å². The first-order chi connectivity index (χ1) is 8.66. The number of carbonyl (C=O) groups excluding carboxylic acids is 1. The average molecular weight is 265 g/mol. The average Bonchev–Trinajstić information content (AvgIpc) is 2.61. The van der Waals surface area contributed by atoms with E-state index in [4.69, 9.17) is 11.6 Å². The summed E-state index contributed by atoms with van der Waals surface area (Å²) >= 11 is 6.19. The molecule has 18 heavy (non-hydrogen) atoms. The van der Waals surface area contributed by atoms with Crippen LogP contribution in [0.4, 0.5) is 0 Å². The molecule has 1 nitrogen and oxygen atoms in total. The zero-order valence-electron chi connectivity index (χ0n) is 11.0. The molecule has 0 atom stereocenters. The third kappa shape index (κ3) is 3.58. The van der Waals surface area contributed by atoms with Crippen LogP contribution < -0.4 is 0 Å². The minimum Gasteiger partial charge on any atom is -0.299 e. The molecule has 1 aliphatic carbocycles. The highest BCUT2D eigenvalue weighted by Crippen LogP contribution is 2.26. The van der Waals surface area contributed by atoms with Crippen LogP contribution in [0.1, 0.15) is 49.7 Å². The monoisotopic (exact) mass is 264 g/mol. The molecule has 0 unspecified atom stereocenters. The molecule has 0 heterocycles. The minimum atomic E-state index is 0.268. The van der Waals surface area contributed by atoms with Gasteiger partial charge in [0.05, 0.1) is 0 Å². The van der Waals surface area contributed by atoms with Crippen LogP contribution in [-0.4, -0.2) is 5.78 Å². The van der Waals surface area contributed by atoms with E-state index in [-0.39, 0.29) is 5.92 Å². The molecule has 98 valence electrons. The van der Waals surface area contributed by atoms with Crippen molar-refractivity contribution in [2.75, 3.05) is 0 Å². The van der Waals surface area contributed by atoms with Gasteiger partial charge in [0, 0.05) is 17.4 Å². The van der Waals surface area contributed by atoms with Crippen LogP contribution in [0, 0.1) is 12.8 Å². The van der Waals surface area contributed by atoms with Gasteiger partial charge in [-0.3, -0.25) is 4.79 Å². The fraction of sp³-hybridized carbons (Fsp3) is 0.562. The van der Waals surface area contributed by atoms with Crippen molar-refractivity contribution in [3.8, 4) is 0 Å². The molecule has 2 heteroatoms. The van der Waals surface area contributed by atoms with Crippen molar-refractivity contribution in [2.24, 2.45) is 5.92 Å². The Hall–Kier alpha value is -0.820. The molecule has 0 radical (unpaired) electrons. The van der Waals surface area contributed by atoms with Gasteiger partial charge < -0.3 is 0 Å². The van der Waals surface area contributed by atoms with Crippen molar-refractivity contribution in [1.29, 1.82) is 0 Å². The maximum Gasteiger partial charge on any atom is 0.140 e. The van der Waals surface area contributed by atoms with Gasteiger partial charge in [-0.1, -0.05) is 49.4 Å². The Kier molecular flexibility index (Phi) is 4.82. The van der Waals surface area contributed by atoms with Crippen LogP contribution in [0.25, 0.3) is 0 Å². The van der Waals surface area contributed by atoms with Crippen molar-refractivity contribution >= 4 is 17.4 Å². The lowest BCUT2D eigenvalue weighted by atomic mass is 9.91. The van der Waals surface area contributed by atoms with Crippen molar-refractivity contribution < 1.29 is 4.79 Å². The highest BCUT2D eigenvalue weighted by Gasteiger charge is 2.20. The van der Waals surface area contributed by atoms with E-state index in [1.165, 1.54) is 25.7 Å². The molecule has 1 saturated carbocycles. The summed E-state index contributed by atoms with van der Waals surface area (Å²) in [6.07, 6.45) is 7.63. The van der Waals surface area contributed by atoms with E-state index in [1.54, 1.807) is 0 Å². The van der Waals surface area contributed by atoms with Crippen LogP contribution in [0.5, 0.6) is 0 Å². The number of carbonyl (C=O) groups is 1. The predicted molar refractivity (Wildman–Crippen MR) is 76.1 cm³/mol. The van der Waals surface area contributed by atoms with E-state index in [9.17, 15) is 4.79 Å². The van der Waals surface area contributed by atoms with Crippen molar-refractivity contribution in [3.05, 3.63) is 34.3 Å². The molecule has 1 aliphatic rings. The van der Waals surface area contributed by atoms with Gasteiger partial charge in [0.2, 0.25) is 0 Å². The molecule has 0 N–H and O–H groups in total. The number of hydrogen-bond donors (Lipinski definition) is 0. The standard InChI is InChI=1S/C16H21ClO/c1-12-8-9-14(15(17)10-12)11-16(18)13-6-4-2-3-5-7-13/h8-10,13H,2-7,11H2,1H3. The molecule has 0 aliphatic heterocycles. The first-order valence-corrected chi connectivity index (χ1v) is 7.32. The molecule has 2 rings (SSSR count). The first-order valence-electron chi connectivity index (χ1n) is 6.94. The lowest BCUT2D eigenvalue weighted by molar-refractivity contribution is -0.122. The first kappa shape index (κ1) is 13.6. The molecule has 0 amide bonds.